The topological polar surface area (TPSA) is 113 Å². The van der Waals surface area contributed by atoms with Crippen LogP contribution < -0.4 is 0 Å². The third-order valence-corrected chi connectivity index (χ3v) is 1.99. The highest BCUT2D eigenvalue weighted by Crippen LogP contribution is 2.21. The van der Waals surface area contributed by atoms with Gasteiger partial charge in [0.2, 0.25) is 5.76 Å². The molecule has 7 heteroatoms. The predicted molar refractivity (Wildman–Crippen MR) is 49.4 cm³/mol. The summed E-state index contributed by atoms with van der Waals surface area (Å²) in [6.45, 7) is 1.15. The van der Waals surface area contributed by atoms with Crippen molar-refractivity contribution in [3.63, 3.8) is 0 Å². The molecular weight excluding hydrogens is 220 g/mol. The van der Waals surface area contributed by atoms with E-state index in [9.17, 15) is 19.8 Å². The van der Waals surface area contributed by atoms with Crippen LogP contribution in [0.3, 0.4) is 0 Å². The van der Waals surface area contributed by atoms with Gasteiger partial charge in [-0.3, -0.25) is 4.79 Å². The number of esters is 2. The lowest BCUT2D eigenvalue weighted by Gasteiger charge is -2.16. The van der Waals surface area contributed by atoms with Crippen LogP contribution in [0, 0.1) is 0 Å². The Kier molecular flexibility index (Phi) is 3.73. The molecule has 0 aromatic rings. The summed E-state index contributed by atoms with van der Waals surface area (Å²) >= 11 is 0. The van der Waals surface area contributed by atoms with Gasteiger partial charge in [-0.25, -0.2) is 4.79 Å². The minimum absolute atomic E-state index is 0.143. The predicted octanol–water partition coefficient (Wildman–Crippen LogP) is -0.446. The van der Waals surface area contributed by atoms with Gasteiger partial charge in [0.25, 0.3) is 0 Å². The van der Waals surface area contributed by atoms with E-state index < -0.39 is 42.3 Å². The minimum atomic E-state index is -1.41. The van der Waals surface area contributed by atoms with Gasteiger partial charge in [-0.2, -0.15) is 0 Å². The van der Waals surface area contributed by atoms with Crippen molar-refractivity contribution >= 4 is 11.9 Å². The molecule has 0 aliphatic carbocycles. The number of rotatable bonds is 4. The zero-order chi connectivity index (χ0) is 12.3. The molecule has 0 saturated carbocycles. The first kappa shape index (κ1) is 12.3. The van der Waals surface area contributed by atoms with Crippen LogP contribution in [-0.2, 0) is 19.1 Å². The van der Waals surface area contributed by atoms with Gasteiger partial charge < -0.3 is 24.8 Å². The van der Waals surface area contributed by atoms with E-state index in [0.717, 1.165) is 0 Å². The molecule has 0 aromatic carbocycles. The molecule has 0 aromatic heterocycles. The first-order chi connectivity index (χ1) is 7.47. The number of hydrogen-bond donors (Lipinski definition) is 3. The summed E-state index contributed by atoms with van der Waals surface area (Å²) in [5.41, 5.74) is 0. The molecule has 0 radical (unpaired) electrons. The van der Waals surface area contributed by atoms with E-state index >= 15 is 0 Å². The first-order valence-electron chi connectivity index (χ1n) is 4.64. The number of aliphatic hydroxyl groups is 3. The summed E-state index contributed by atoms with van der Waals surface area (Å²) in [5.74, 6) is -3.35. The zero-order valence-electron chi connectivity index (χ0n) is 8.54. The van der Waals surface area contributed by atoms with Crippen LogP contribution in [0.5, 0.6) is 0 Å². The van der Waals surface area contributed by atoms with Crippen molar-refractivity contribution < 1.29 is 34.4 Å². The van der Waals surface area contributed by atoms with Crippen LogP contribution in [-0.4, -0.2) is 46.1 Å². The van der Waals surface area contributed by atoms with E-state index in [1.165, 1.54) is 0 Å². The number of hydrogen-bond acceptors (Lipinski definition) is 7. The summed E-state index contributed by atoms with van der Waals surface area (Å²) in [4.78, 5) is 21.6. The Balaban J connectivity index is 2.53. The molecule has 0 amide bonds. The van der Waals surface area contributed by atoms with Crippen molar-refractivity contribution in [1.29, 1.82) is 0 Å². The van der Waals surface area contributed by atoms with Gasteiger partial charge >= 0.3 is 11.9 Å². The second kappa shape index (κ2) is 4.84. The van der Waals surface area contributed by atoms with Gasteiger partial charge in [0.05, 0.1) is 0 Å². The molecule has 1 rings (SSSR count). The molecule has 1 heterocycles. The number of carbonyl (C=O) groups excluding carboxylic acids is 2. The SMILES string of the molecule is CCC(=O)OC[C@H](O)[C@H]1OC(=O)C(O)=C1O. The molecule has 1 aliphatic rings. The molecule has 2 atom stereocenters. The van der Waals surface area contributed by atoms with E-state index in [1.54, 1.807) is 6.92 Å². The van der Waals surface area contributed by atoms with Crippen LogP contribution in [0.1, 0.15) is 13.3 Å². The Morgan fingerprint density at radius 1 is 1.56 bits per heavy atom. The fourth-order valence-corrected chi connectivity index (χ4v) is 1.09. The maximum atomic E-state index is 10.8. The second-order valence-electron chi connectivity index (χ2n) is 3.16. The maximum absolute atomic E-state index is 10.8. The Labute approximate surface area is 90.9 Å². The van der Waals surface area contributed by atoms with E-state index in [1.807, 2.05) is 0 Å². The van der Waals surface area contributed by atoms with Crippen LogP contribution in [0.4, 0.5) is 0 Å². The van der Waals surface area contributed by atoms with Gasteiger partial charge in [-0.1, -0.05) is 6.92 Å². The van der Waals surface area contributed by atoms with Crippen molar-refractivity contribution in [2.24, 2.45) is 0 Å². The maximum Gasteiger partial charge on any atom is 0.377 e. The van der Waals surface area contributed by atoms with Gasteiger partial charge in [0.1, 0.15) is 12.7 Å². The summed E-state index contributed by atoms with van der Waals surface area (Å²) in [6.07, 6.45) is -2.66. The summed E-state index contributed by atoms with van der Waals surface area (Å²) in [7, 11) is 0. The lowest BCUT2D eigenvalue weighted by Crippen LogP contribution is -2.33. The van der Waals surface area contributed by atoms with Crippen molar-refractivity contribution in [1.82, 2.24) is 0 Å². The molecule has 1 aliphatic heterocycles. The van der Waals surface area contributed by atoms with Crippen molar-refractivity contribution in [3.8, 4) is 0 Å². The average Bonchev–Trinajstić information content (AvgIpc) is 2.53. The van der Waals surface area contributed by atoms with Gasteiger partial charge in [0, 0.05) is 6.42 Å². The van der Waals surface area contributed by atoms with Crippen molar-refractivity contribution in [3.05, 3.63) is 11.5 Å². The van der Waals surface area contributed by atoms with Crippen molar-refractivity contribution in [2.75, 3.05) is 6.61 Å². The third-order valence-electron chi connectivity index (χ3n) is 1.99. The van der Waals surface area contributed by atoms with E-state index in [4.69, 9.17) is 5.11 Å². The Morgan fingerprint density at radius 3 is 2.62 bits per heavy atom. The quantitative estimate of drug-likeness (QED) is 0.562. The molecule has 0 spiro atoms. The highest BCUT2D eigenvalue weighted by atomic mass is 16.6. The largest absolute Gasteiger partial charge is 0.505 e. The number of ether oxygens (including phenoxy) is 2. The highest BCUT2D eigenvalue weighted by Gasteiger charge is 2.39. The van der Waals surface area contributed by atoms with Crippen LogP contribution in [0.25, 0.3) is 0 Å². The van der Waals surface area contributed by atoms with Gasteiger partial charge in [-0.15, -0.1) is 0 Å². The summed E-state index contributed by atoms with van der Waals surface area (Å²) < 4.78 is 9.05. The van der Waals surface area contributed by atoms with E-state index in [-0.39, 0.29) is 6.42 Å². The molecule has 0 fully saturated rings. The van der Waals surface area contributed by atoms with Crippen LogP contribution in [0.2, 0.25) is 0 Å². The fraction of sp³-hybridized carbons (Fsp3) is 0.556. The molecule has 7 nitrogen and oxygen atoms in total. The third kappa shape index (κ3) is 2.43. The lowest BCUT2D eigenvalue weighted by molar-refractivity contribution is -0.154. The standard InChI is InChI=1S/C9H12O7/c1-2-5(11)15-3-4(10)8-6(12)7(13)9(14)16-8/h4,8,10,12-13H,2-3H2,1H3/t4-,8+/m0/s1. The monoisotopic (exact) mass is 232 g/mol. The van der Waals surface area contributed by atoms with E-state index in [2.05, 4.69) is 9.47 Å². The first-order valence-corrected chi connectivity index (χ1v) is 4.64. The molecule has 3 N–H and O–H groups in total. The summed E-state index contributed by atoms with van der Waals surface area (Å²) in [6, 6.07) is 0. The normalized spacial score (nSPS) is 21.9. The Hall–Kier alpha value is -1.76. The average molecular weight is 232 g/mol. The molecule has 90 valence electrons. The molecule has 0 saturated heterocycles. The molecule has 0 unspecified atom stereocenters. The minimum Gasteiger partial charge on any atom is -0.505 e. The number of cyclic esters (lactones) is 1. The van der Waals surface area contributed by atoms with E-state index in [0.29, 0.717) is 0 Å². The number of aliphatic hydroxyl groups excluding tert-OH is 3. The van der Waals surface area contributed by atoms with Crippen molar-refractivity contribution in [2.45, 2.75) is 25.6 Å². The smallest absolute Gasteiger partial charge is 0.377 e. The summed E-state index contributed by atoms with van der Waals surface area (Å²) in [5, 5.41) is 27.6. The zero-order valence-corrected chi connectivity index (χ0v) is 8.54. The second-order valence-corrected chi connectivity index (χ2v) is 3.16. The number of carbonyl (C=O) groups is 2. The Bertz CT molecular complexity index is 333. The highest BCUT2D eigenvalue weighted by molar-refractivity contribution is 5.89. The van der Waals surface area contributed by atoms with Gasteiger partial charge in [0.15, 0.2) is 11.9 Å². The molecule has 16 heavy (non-hydrogen) atoms. The van der Waals surface area contributed by atoms with Gasteiger partial charge in [-0.05, 0) is 0 Å². The molecule has 0 bridgehead atoms. The van der Waals surface area contributed by atoms with Crippen LogP contribution >= 0.6 is 0 Å². The Morgan fingerprint density at radius 2 is 2.19 bits per heavy atom. The fourth-order valence-electron chi connectivity index (χ4n) is 1.09. The van der Waals surface area contributed by atoms with Crippen LogP contribution in [0.15, 0.2) is 11.5 Å². The molecular formula is C9H12O7. The lowest BCUT2D eigenvalue weighted by atomic mass is 10.2.